The monoisotopic (exact) mass is 212 g/mol. The molecule has 1 aliphatic rings. The first-order valence-corrected chi connectivity index (χ1v) is 6.16. The normalized spacial score (nSPS) is 26.3. The molecule has 3 heteroatoms. The van der Waals surface area contributed by atoms with E-state index in [1.165, 1.54) is 25.7 Å². The van der Waals surface area contributed by atoms with Crippen LogP contribution in [0.5, 0.6) is 0 Å². The number of rotatable bonds is 5. The van der Waals surface area contributed by atoms with Gasteiger partial charge in [-0.25, -0.2) is 0 Å². The summed E-state index contributed by atoms with van der Waals surface area (Å²) in [4.78, 5) is 11.5. The Labute approximate surface area is 93.0 Å². The summed E-state index contributed by atoms with van der Waals surface area (Å²) in [6.45, 7) is 3.22. The maximum atomic E-state index is 11.5. The molecule has 0 atom stereocenters. The maximum Gasteiger partial charge on any atom is 0.220 e. The van der Waals surface area contributed by atoms with Crippen molar-refractivity contribution in [2.75, 3.05) is 13.6 Å². The second-order valence-corrected chi connectivity index (χ2v) is 4.73. The topological polar surface area (TPSA) is 41.1 Å². The van der Waals surface area contributed by atoms with Gasteiger partial charge >= 0.3 is 0 Å². The Balaban J connectivity index is 2.09. The van der Waals surface area contributed by atoms with Crippen LogP contribution in [-0.4, -0.2) is 25.5 Å². The molecule has 15 heavy (non-hydrogen) atoms. The molecule has 0 aromatic rings. The summed E-state index contributed by atoms with van der Waals surface area (Å²) in [5.41, 5.74) is 0. The number of hydrogen-bond donors (Lipinski definition) is 2. The molecule has 0 aliphatic heterocycles. The minimum atomic E-state index is 0.227. The molecule has 0 saturated heterocycles. The van der Waals surface area contributed by atoms with Crippen LogP contribution in [0.15, 0.2) is 0 Å². The molecule has 0 aromatic carbocycles. The van der Waals surface area contributed by atoms with Gasteiger partial charge in [0, 0.05) is 12.5 Å². The lowest BCUT2D eigenvalue weighted by Gasteiger charge is -2.26. The third-order valence-corrected chi connectivity index (χ3v) is 3.21. The van der Waals surface area contributed by atoms with Gasteiger partial charge in [-0.1, -0.05) is 6.92 Å². The van der Waals surface area contributed by atoms with Crippen LogP contribution in [0.2, 0.25) is 0 Å². The third kappa shape index (κ3) is 5.17. The van der Waals surface area contributed by atoms with Crippen molar-refractivity contribution in [3.63, 3.8) is 0 Å². The zero-order chi connectivity index (χ0) is 11.1. The molecular formula is C12H24N2O. The minimum Gasteiger partial charge on any atom is -0.353 e. The molecule has 0 bridgehead atoms. The van der Waals surface area contributed by atoms with E-state index < -0.39 is 0 Å². The van der Waals surface area contributed by atoms with Crippen LogP contribution in [0.4, 0.5) is 0 Å². The van der Waals surface area contributed by atoms with Crippen LogP contribution in [0.3, 0.4) is 0 Å². The summed E-state index contributed by atoms with van der Waals surface area (Å²) in [7, 11) is 1.92. The van der Waals surface area contributed by atoms with Crippen LogP contribution >= 0.6 is 0 Å². The molecule has 3 nitrogen and oxygen atoms in total. The number of hydrogen-bond acceptors (Lipinski definition) is 2. The van der Waals surface area contributed by atoms with Gasteiger partial charge < -0.3 is 10.6 Å². The molecule has 0 heterocycles. The average Bonchev–Trinajstić information content (AvgIpc) is 2.22. The van der Waals surface area contributed by atoms with Crippen molar-refractivity contribution in [2.45, 2.75) is 51.5 Å². The van der Waals surface area contributed by atoms with Gasteiger partial charge in [0.15, 0.2) is 0 Å². The fourth-order valence-corrected chi connectivity index (χ4v) is 2.13. The van der Waals surface area contributed by atoms with E-state index >= 15 is 0 Å². The number of amides is 1. The molecule has 0 spiro atoms. The highest BCUT2D eigenvalue weighted by molar-refractivity contribution is 5.76. The lowest BCUT2D eigenvalue weighted by Crippen LogP contribution is -2.37. The standard InChI is InChI=1S/C12H24N2O/c1-10-5-7-11(8-6-10)14-12(15)4-3-9-13-2/h10-11,13H,3-9H2,1-2H3,(H,14,15). The molecule has 2 N–H and O–H groups in total. The van der Waals surface area contributed by atoms with Crippen molar-refractivity contribution in [3.8, 4) is 0 Å². The maximum absolute atomic E-state index is 11.5. The average molecular weight is 212 g/mol. The lowest BCUT2D eigenvalue weighted by molar-refractivity contribution is -0.122. The largest absolute Gasteiger partial charge is 0.353 e. The van der Waals surface area contributed by atoms with Gasteiger partial charge in [-0.3, -0.25) is 4.79 Å². The number of carbonyl (C=O) groups is 1. The van der Waals surface area contributed by atoms with E-state index in [1.807, 2.05) is 7.05 Å². The molecule has 0 aromatic heterocycles. The Morgan fingerprint density at radius 3 is 2.53 bits per heavy atom. The van der Waals surface area contributed by atoms with Crippen molar-refractivity contribution in [1.29, 1.82) is 0 Å². The highest BCUT2D eigenvalue weighted by Gasteiger charge is 2.19. The molecule has 0 radical (unpaired) electrons. The smallest absolute Gasteiger partial charge is 0.220 e. The van der Waals surface area contributed by atoms with E-state index in [2.05, 4.69) is 17.6 Å². The summed E-state index contributed by atoms with van der Waals surface area (Å²) in [5, 5.41) is 6.18. The highest BCUT2D eigenvalue weighted by Crippen LogP contribution is 2.23. The molecule has 1 rings (SSSR count). The van der Waals surface area contributed by atoms with Crippen LogP contribution in [-0.2, 0) is 4.79 Å². The molecular weight excluding hydrogens is 188 g/mol. The third-order valence-electron chi connectivity index (χ3n) is 3.21. The van der Waals surface area contributed by atoms with Crippen LogP contribution in [0, 0.1) is 5.92 Å². The van der Waals surface area contributed by atoms with Gasteiger partial charge in [-0.2, -0.15) is 0 Å². The summed E-state index contributed by atoms with van der Waals surface area (Å²) < 4.78 is 0. The van der Waals surface area contributed by atoms with Crippen molar-refractivity contribution in [2.24, 2.45) is 5.92 Å². The Hall–Kier alpha value is -0.570. The second-order valence-electron chi connectivity index (χ2n) is 4.73. The summed E-state index contributed by atoms with van der Waals surface area (Å²) >= 11 is 0. The lowest BCUT2D eigenvalue weighted by atomic mass is 9.87. The Bertz CT molecular complexity index is 186. The van der Waals surface area contributed by atoms with E-state index in [0.717, 1.165) is 18.9 Å². The summed E-state index contributed by atoms with van der Waals surface area (Å²) in [5.74, 6) is 1.08. The van der Waals surface area contributed by atoms with Crippen LogP contribution in [0.1, 0.15) is 45.4 Å². The summed E-state index contributed by atoms with van der Waals surface area (Å²) in [6.07, 6.45) is 6.46. The van der Waals surface area contributed by atoms with E-state index in [1.54, 1.807) is 0 Å². The van der Waals surface area contributed by atoms with Gasteiger partial charge in [0.25, 0.3) is 0 Å². The molecule has 1 amide bonds. The van der Waals surface area contributed by atoms with Gasteiger partial charge in [-0.05, 0) is 51.6 Å². The van der Waals surface area contributed by atoms with E-state index in [-0.39, 0.29) is 5.91 Å². The van der Waals surface area contributed by atoms with E-state index in [4.69, 9.17) is 0 Å². The SMILES string of the molecule is CNCCCC(=O)NC1CCC(C)CC1. The zero-order valence-electron chi connectivity index (χ0n) is 10.0. The van der Waals surface area contributed by atoms with E-state index in [9.17, 15) is 4.79 Å². The fraction of sp³-hybridized carbons (Fsp3) is 0.917. The number of nitrogens with one attached hydrogen (secondary N) is 2. The zero-order valence-corrected chi connectivity index (χ0v) is 10.0. The van der Waals surface area contributed by atoms with Gasteiger partial charge in [0.05, 0.1) is 0 Å². The predicted molar refractivity (Wildman–Crippen MR) is 62.7 cm³/mol. The van der Waals surface area contributed by atoms with Crippen molar-refractivity contribution in [3.05, 3.63) is 0 Å². The van der Waals surface area contributed by atoms with E-state index in [0.29, 0.717) is 12.5 Å². The second kappa shape index (κ2) is 6.83. The first-order valence-electron chi connectivity index (χ1n) is 6.16. The first-order chi connectivity index (χ1) is 7.22. The van der Waals surface area contributed by atoms with Gasteiger partial charge in [-0.15, -0.1) is 0 Å². The molecule has 88 valence electrons. The van der Waals surface area contributed by atoms with Crippen LogP contribution < -0.4 is 10.6 Å². The molecule has 0 unspecified atom stereocenters. The van der Waals surface area contributed by atoms with Gasteiger partial charge in [0.1, 0.15) is 0 Å². The quantitative estimate of drug-likeness (QED) is 0.681. The van der Waals surface area contributed by atoms with Crippen molar-refractivity contribution < 1.29 is 4.79 Å². The number of carbonyl (C=O) groups excluding carboxylic acids is 1. The Kier molecular flexibility index (Phi) is 5.69. The minimum absolute atomic E-state index is 0.227. The van der Waals surface area contributed by atoms with Crippen molar-refractivity contribution >= 4 is 5.91 Å². The van der Waals surface area contributed by atoms with Crippen molar-refractivity contribution in [1.82, 2.24) is 10.6 Å². The van der Waals surface area contributed by atoms with Crippen LogP contribution in [0.25, 0.3) is 0 Å². The molecule has 1 saturated carbocycles. The fourth-order valence-electron chi connectivity index (χ4n) is 2.13. The highest BCUT2D eigenvalue weighted by atomic mass is 16.1. The predicted octanol–water partition coefficient (Wildman–Crippen LogP) is 1.68. The Morgan fingerprint density at radius 2 is 1.93 bits per heavy atom. The Morgan fingerprint density at radius 1 is 1.27 bits per heavy atom. The van der Waals surface area contributed by atoms with Gasteiger partial charge in [0.2, 0.25) is 5.91 Å². The first kappa shape index (κ1) is 12.5. The summed E-state index contributed by atoms with van der Waals surface area (Å²) in [6, 6.07) is 0.447. The molecule has 1 fully saturated rings. The molecule has 1 aliphatic carbocycles.